The van der Waals surface area contributed by atoms with Gasteiger partial charge in [-0.3, -0.25) is 0 Å². The Morgan fingerprint density at radius 3 is 2.95 bits per heavy atom. The Labute approximate surface area is 136 Å². The molecule has 0 radical (unpaired) electrons. The molecule has 3 atom stereocenters. The van der Waals surface area contributed by atoms with Gasteiger partial charge in [0.25, 0.3) is 0 Å². The van der Waals surface area contributed by atoms with E-state index in [0.717, 1.165) is 32.6 Å². The SMILES string of the molecule is CCC1OC(n2nc(I)c3c(SC)ncnc32)CC1C. The summed E-state index contributed by atoms with van der Waals surface area (Å²) < 4.78 is 9.01. The molecule has 0 aliphatic carbocycles. The fourth-order valence-electron chi connectivity index (χ4n) is 2.78. The fourth-order valence-corrected chi connectivity index (χ4v) is 4.24. The number of fused-ring (bicyclic) bond motifs is 1. The molecule has 1 fully saturated rings. The lowest BCUT2D eigenvalue weighted by atomic mass is 10.0. The van der Waals surface area contributed by atoms with E-state index in [0.29, 0.717) is 12.0 Å². The van der Waals surface area contributed by atoms with Gasteiger partial charge < -0.3 is 4.74 Å². The van der Waals surface area contributed by atoms with Crippen molar-refractivity contribution in [1.82, 2.24) is 19.7 Å². The summed E-state index contributed by atoms with van der Waals surface area (Å²) in [6, 6.07) is 0. The van der Waals surface area contributed by atoms with Crippen LogP contribution in [0, 0.1) is 9.62 Å². The van der Waals surface area contributed by atoms with E-state index in [1.165, 1.54) is 0 Å². The van der Waals surface area contributed by atoms with Gasteiger partial charge in [-0.1, -0.05) is 13.8 Å². The topological polar surface area (TPSA) is 52.8 Å². The lowest BCUT2D eigenvalue weighted by Crippen LogP contribution is -2.13. The summed E-state index contributed by atoms with van der Waals surface area (Å²) in [7, 11) is 0. The second-order valence-electron chi connectivity index (χ2n) is 5.07. The molecule has 1 saturated heterocycles. The highest BCUT2D eigenvalue weighted by molar-refractivity contribution is 14.1. The van der Waals surface area contributed by atoms with Crippen LogP contribution in [0.25, 0.3) is 11.0 Å². The zero-order valence-electron chi connectivity index (χ0n) is 11.7. The van der Waals surface area contributed by atoms with Crippen LogP contribution in [-0.4, -0.2) is 32.1 Å². The van der Waals surface area contributed by atoms with Gasteiger partial charge in [-0.15, -0.1) is 11.8 Å². The van der Waals surface area contributed by atoms with Gasteiger partial charge >= 0.3 is 0 Å². The molecular weight excluding hydrogens is 387 g/mol. The van der Waals surface area contributed by atoms with E-state index in [1.807, 2.05) is 10.9 Å². The van der Waals surface area contributed by atoms with Crippen molar-refractivity contribution < 1.29 is 4.74 Å². The predicted octanol–water partition coefficient (Wildman–Crippen LogP) is 3.49. The van der Waals surface area contributed by atoms with Crippen molar-refractivity contribution in [2.24, 2.45) is 5.92 Å². The molecule has 2 aromatic rings. The molecule has 1 aliphatic rings. The molecule has 0 N–H and O–H groups in total. The first kappa shape index (κ1) is 14.5. The smallest absolute Gasteiger partial charge is 0.166 e. The summed E-state index contributed by atoms with van der Waals surface area (Å²) in [6.45, 7) is 4.41. The third-order valence-corrected chi connectivity index (χ3v) is 5.27. The van der Waals surface area contributed by atoms with E-state index in [4.69, 9.17) is 4.74 Å². The van der Waals surface area contributed by atoms with E-state index >= 15 is 0 Å². The minimum Gasteiger partial charge on any atom is -0.353 e. The number of thioether (sulfide) groups is 1. The van der Waals surface area contributed by atoms with Crippen molar-refractivity contribution in [3.05, 3.63) is 10.0 Å². The average molecular weight is 404 g/mol. The molecule has 0 saturated carbocycles. The molecule has 5 nitrogen and oxygen atoms in total. The van der Waals surface area contributed by atoms with Crippen LogP contribution in [0.4, 0.5) is 0 Å². The standard InChI is InChI=1S/C13H17IN4OS/c1-4-8-7(2)5-9(19-8)18-12-10(11(14)17-18)13(20-3)16-6-15-12/h6-9H,4-5H2,1-3H3. The number of ether oxygens (including phenoxy) is 1. The molecule has 20 heavy (non-hydrogen) atoms. The predicted molar refractivity (Wildman–Crippen MR) is 87.8 cm³/mol. The monoisotopic (exact) mass is 404 g/mol. The molecule has 7 heteroatoms. The summed E-state index contributed by atoms with van der Waals surface area (Å²) in [5.41, 5.74) is 0.878. The quantitative estimate of drug-likeness (QED) is 0.446. The fraction of sp³-hybridized carbons (Fsp3) is 0.615. The maximum atomic E-state index is 6.13. The number of rotatable bonds is 3. The highest BCUT2D eigenvalue weighted by Gasteiger charge is 2.34. The van der Waals surface area contributed by atoms with Crippen LogP contribution in [0.15, 0.2) is 11.4 Å². The number of nitrogens with zero attached hydrogens (tertiary/aromatic N) is 4. The summed E-state index contributed by atoms with van der Waals surface area (Å²) >= 11 is 3.88. The first-order valence-electron chi connectivity index (χ1n) is 6.73. The number of halogens is 1. The minimum atomic E-state index is -0.00873. The Bertz CT molecular complexity index is 632. The molecule has 3 rings (SSSR count). The minimum absolute atomic E-state index is 0.00873. The third-order valence-electron chi connectivity index (χ3n) is 3.82. The third kappa shape index (κ3) is 2.33. The summed E-state index contributed by atoms with van der Waals surface area (Å²) in [4.78, 5) is 8.75. The molecule has 108 valence electrons. The van der Waals surface area contributed by atoms with E-state index in [1.54, 1.807) is 18.1 Å². The van der Waals surface area contributed by atoms with E-state index in [2.05, 4.69) is 51.5 Å². The normalized spacial score (nSPS) is 26.5. The van der Waals surface area contributed by atoms with Gasteiger partial charge in [-0.25, -0.2) is 14.6 Å². The second-order valence-corrected chi connectivity index (χ2v) is 6.88. The number of aromatic nitrogens is 4. The molecule has 0 amide bonds. The maximum absolute atomic E-state index is 6.13. The molecule has 2 aromatic heterocycles. The largest absolute Gasteiger partial charge is 0.353 e. The van der Waals surface area contributed by atoms with Gasteiger partial charge in [0.05, 0.1) is 11.5 Å². The van der Waals surface area contributed by atoms with Gasteiger partial charge in [0.15, 0.2) is 11.9 Å². The van der Waals surface area contributed by atoms with E-state index in [-0.39, 0.29) is 6.23 Å². The van der Waals surface area contributed by atoms with Crippen LogP contribution in [-0.2, 0) is 4.74 Å². The van der Waals surface area contributed by atoms with E-state index in [9.17, 15) is 0 Å². The maximum Gasteiger partial charge on any atom is 0.166 e. The Kier molecular flexibility index (Phi) is 4.19. The molecule has 3 heterocycles. The summed E-state index contributed by atoms with van der Waals surface area (Å²) in [6.07, 6.45) is 5.97. The average Bonchev–Trinajstić information content (AvgIpc) is 2.99. The number of hydrogen-bond acceptors (Lipinski definition) is 5. The van der Waals surface area contributed by atoms with Crippen molar-refractivity contribution in [1.29, 1.82) is 0 Å². The molecule has 0 spiro atoms. The zero-order chi connectivity index (χ0) is 14.3. The van der Waals surface area contributed by atoms with Crippen LogP contribution in [0.5, 0.6) is 0 Å². The Hall–Kier alpha value is -0.410. The van der Waals surface area contributed by atoms with Crippen molar-refractivity contribution >= 4 is 45.4 Å². The van der Waals surface area contributed by atoms with Crippen molar-refractivity contribution in [3.63, 3.8) is 0 Å². The highest BCUT2D eigenvalue weighted by atomic mass is 127. The molecule has 0 aromatic carbocycles. The van der Waals surface area contributed by atoms with Crippen molar-refractivity contribution in [3.8, 4) is 0 Å². The highest BCUT2D eigenvalue weighted by Crippen LogP contribution is 2.37. The van der Waals surface area contributed by atoms with Crippen molar-refractivity contribution in [2.45, 2.75) is 44.0 Å². The zero-order valence-corrected chi connectivity index (χ0v) is 14.7. The Morgan fingerprint density at radius 2 is 2.30 bits per heavy atom. The Balaban J connectivity index is 2.05. The van der Waals surface area contributed by atoms with Gasteiger partial charge in [-0.05, 0) is 47.6 Å². The molecule has 0 bridgehead atoms. The van der Waals surface area contributed by atoms with E-state index < -0.39 is 0 Å². The van der Waals surface area contributed by atoms with Crippen LogP contribution >= 0.6 is 34.4 Å². The molecule has 1 aliphatic heterocycles. The second kappa shape index (κ2) is 5.76. The summed E-state index contributed by atoms with van der Waals surface area (Å²) in [5.74, 6) is 0.559. The van der Waals surface area contributed by atoms with Gasteiger partial charge in [0.1, 0.15) is 15.1 Å². The summed E-state index contributed by atoms with van der Waals surface area (Å²) in [5, 5.41) is 6.66. The van der Waals surface area contributed by atoms with Crippen LogP contribution in [0.1, 0.15) is 32.9 Å². The first-order chi connectivity index (χ1) is 9.65. The Morgan fingerprint density at radius 1 is 1.50 bits per heavy atom. The van der Waals surface area contributed by atoms with Gasteiger partial charge in [0.2, 0.25) is 0 Å². The first-order valence-corrected chi connectivity index (χ1v) is 9.04. The van der Waals surface area contributed by atoms with Crippen LogP contribution in [0.2, 0.25) is 0 Å². The van der Waals surface area contributed by atoms with Crippen LogP contribution < -0.4 is 0 Å². The van der Waals surface area contributed by atoms with Gasteiger partial charge in [0, 0.05) is 0 Å². The lowest BCUT2D eigenvalue weighted by Gasteiger charge is -2.13. The van der Waals surface area contributed by atoms with Crippen LogP contribution in [0.3, 0.4) is 0 Å². The number of hydrogen-bond donors (Lipinski definition) is 0. The van der Waals surface area contributed by atoms with Crippen molar-refractivity contribution in [2.75, 3.05) is 6.26 Å². The lowest BCUT2D eigenvalue weighted by molar-refractivity contribution is -0.00965. The molecular formula is C13H17IN4OS. The van der Waals surface area contributed by atoms with Gasteiger partial charge in [-0.2, -0.15) is 5.10 Å². The molecule has 3 unspecified atom stereocenters.